The summed E-state index contributed by atoms with van der Waals surface area (Å²) in [5.74, 6) is -0.365. The maximum atomic E-state index is 10.2. The van der Waals surface area contributed by atoms with E-state index < -0.39 is 9.53 Å². The maximum absolute atomic E-state index is 10.2. The highest BCUT2D eigenvalue weighted by molar-refractivity contribution is 6.38. The Balaban J connectivity index is 0. The van der Waals surface area contributed by atoms with Gasteiger partial charge in [0.05, 0.1) is 0 Å². The van der Waals surface area contributed by atoms with Gasteiger partial charge in [-0.1, -0.05) is 7.43 Å². The predicted octanol–water partition coefficient (Wildman–Crippen LogP) is 0.196. The molecule has 0 aliphatic carbocycles. The normalized spacial score (nSPS) is 8.80. The zero-order chi connectivity index (χ0) is 7.28. The molecular formula is C5H14O4Si. The highest BCUT2D eigenvalue weighted by atomic mass is 28.3. The van der Waals surface area contributed by atoms with E-state index in [9.17, 15) is 4.79 Å². The maximum Gasteiger partial charge on any atom is 0.550 e. The smallest absolute Gasteiger partial charge is 0.476 e. The summed E-state index contributed by atoms with van der Waals surface area (Å²) in [6.45, 7) is 1.32. The molecule has 0 fully saturated rings. The quantitative estimate of drug-likeness (QED) is 0.562. The summed E-state index contributed by atoms with van der Waals surface area (Å²) in [5.41, 5.74) is 0. The topological polar surface area (TPSA) is 44.8 Å². The molecule has 0 saturated heterocycles. The third-order valence-electron chi connectivity index (χ3n) is 0.647. The predicted molar refractivity (Wildman–Crippen MR) is 39.7 cm³/mol. The first-order valence-corrected chi connectivity index (χ1v) is 3.85. The van der Waals surface area contributed by atoms with E-state index in [1.54, 1.807) is 0 Å². The van der Waals surface area contributed by atoms with Crippen LogP contribution in [0.1, 0.15) is 14.4 Å². The van der Waals surface area contributed by atoms with Crippen LogP contribution in [0.5, 0.6) is 0 Å². The Hall–Kier alpha value is -0.393. The van der Waals surface area contributed by atoms with Crippen LogP contribution in [0.3, 0.4) is 0 Å². The zero-order valence-electron chi connectivity index (χ0n) is 5.71. The molecular weight excluding hydrogens is 152 g/mol. The standard InChI is InChI=1S/C4H10O4Si.CH4/c1-4(5)8-9(6-2)7-3;/h9H,1-3H3;1H4. The molecule has 10 heavy (non-hydrogen) atoms. The van der Waals surface area contributed by atoms with Crippen molar-refractivity contribution in [3.63, 3.8) is 0 Å². The Morgan fingerprint density at radius 3 is 1.80 bits per heavy atom. The van der Waals surface area contributed by atoms with Gasteiger partial charge in [-0.2, -0.15) is 0 Å². The Bertz CT molecular complexity index is 91.6. The lowest BCUT2D eigenvalue weighted by Gasteiger charge is -2.08. The monoisotopic (exact) mass is 166 g/mol. The summed E-state index contributed by atoms with van der Waals surface area (Å²) in [4.78, 5) is 10.2. The van der Waals surface area contributed by atoms with Gasteiger partial charge in [0.25, 0.3) is 5.97 Å². The molecule has 4 nitrogen and oxygen atoms in total. The number of carbonyl (C=O) groups excluding carboxylic acids is 1. The average molecular weight is 166 g/mol. The fraction of sp³-hybridized carbons (Fsp3) is 0.800. The summed E-state index contributed by atoms with van der Waals surface area (Å²) in [6.07, 6.45) is 0. The highest BCUT2D eigenvalue weighted by Gasteiger charge is 2.13. The second-order valence-electron chi connectivity index (χ2n) is 1.37. The van der Waals surface area contributed by atoms with Crippen LogP contribution < -0.4 is 0 Å². The minimum absolute atomic E-state index is 0. The number of hydrogen-bond acceptors (Lipinski definition) is 4. The molecule has 0 unspecified atom stereocenters. The van der Waals surface area contributed by atoms with Gasteiger partial charge in [0.15, 0.2) is 0 Å². The third kappa shape index (κ3) is 5.74. The minimum Gasteiger partial charge on any atom is -0.476 e. The SMILES string of the molecule is C.CO[SiH](OC)OC(C)=O. The Morgan fingerprint density at radius 2 is 1.70 bits per heavy atom. The molecule has 0 radical (unpaired) electrons. The zero-order valence-corrected chi connectivity index (χ0v) is 6.87. The van der Waals surface area contributed by atoms with Crippen molar-refractivity contribution < 1.29 is 18.1 Å². The Morgan fingerprint density at radius 1 is 1.30 bits per heavy atom. The molecule has 0 spiro atoms. The van der Waals surface area contributed by atoms with Crippen LogP contribution in [0.15, 0.2) is 0 Å². The van der Waals surface area contributed by atoms with Gasteiger partial charge in [0.2, 0.25) is 0 Å². The lowest BCUT2D eigenvalue weighted by Crippen LogP contribution is -2.25. The van der Waals surface area contributed by atoms with E-state index in [2.05, 4.69) is 13.3 Å². The summed E-state index contributed by atoms with van der Waals surface area (Å²) in [6, 6.07) is 0. The highest BCUT2D eigenvalue weighted by Crippen LogP contribution is 1.87. The first kappa shape index (κ1) is 12.3. The third-order valence-corrected chi connectivity index (χ3v) is 1.94. The number of carbonyl (C=O) groups is 1. The van der Waals surface area contributed by atoms with Crippen molar-refractivity contribution in [2.75, 3.05) is 14.2 Å². The Kier molecular flexibility index (Phi) is 8.27. The molecule has 0 aliphatic heterocycles. The molecule has 0 atom stereocenters. The first-order chi connectivity index (χ1) is 4.20. The van der Waals surface area contributed by atoms with E-state index in [-0.39, 0.29) is 13.4 Å². The molecule has 0 bridgehead atoms. The second-order valence-corrected chi connectivity index (χ2v) is 3.13. The van der Waals surface area contributed by atoms with Crippen LogP contribution in [0.2, 0.25) is 0 Å². The van der Waals surface area contributed by atoms with Crippen molar-refractivity contribution in [3.8, 4) is 0 Å². The van der Waals surface area contributed by atoms with E-state index in [1.807, 2.05) is 0 Å². The van der Waals surface area contributed by atoms with E-state index >= 15 is 0 Å². The lowest BCUT2D eigenvalue weighted by atomic mass is 10.9. The van der Waals surface area contributed by atoms with Crippen molar-refractivity contribution in [1.82, 2.24) is 0 Å². The van der Waals surface area contributed by atoms with E-state index in [0.29, 0.717) is 0 Å². The average Bonchev–Trinajstić information content (AvgIpc) is 1.82. The fourth-order valence-electron chi connectivity index (χ4n) is 0.328. The summed E-state index contributed by atoms with van der Waals surface area (Å²) < 4.78 is 14.0. The molecule has 0 saturated carbocycles. The van der Waals surface area contributed by atoms with Crippen molar-refractivity contribution >= 4 is 15.5 Å². The van der Waals surface area contributed by atoms with Gasteiger partial charge in [-0.25, -0.2) is 0 Å². The van der Waals surface area contributed by atoms with Crippen molar-refractivity contribution in [3.05, 3.63) is 0 Å². The van der Waals surface area contributed by atoms with Gasteiger partial charge >= 0.3 is 9.53 Å². The molecule has 0 aromatic carbocycles. The van der Waals surface area contributed by atoms with Crippen molar-refractivity contribution in [2.24, 2.45) is 0 Å². The van der Waals surface area contributed by atoms with Gasteiger partial charge in [-0.3, -0.25) is 4.79 Å². The summed E-state index contributed by atoms with van der Waals surface area (Å²) in [7, 11) is 0.796. The van der Waals surface area contributed by atoms with E-state index in [4.69, 9.17) is 0 Å². The lowest BCUT2D eigenvalue weighted by molar-refractivity contribution is -0.134. The summed E-state index contributed by atoms with van der Waals surface area (Å²) >= 11 is 0. The number of rotatable bonds is 3. The molecule has 0 amide bonds. The molecule has 0 aliphatic rings. The molecule has 0 aromatic heterocycles. The summed E-state index contributed by atoms with van der Waals surface area (Å²) in [5, 5.41) is 0. The number of hydrogen-bond donors (Lipinski definition) is 0. The largest absolute Gasteiger partial charge is 0.550 e. The van der Waals surface area contributed by atoms with Gasteiger partial charge in [-0.05, 0) is 0 Å². The van der Waals surface area contributed by atoms with Crippen molar-refractivity contribution in [2.45, 2.75) is 14.4 Å². The molecule has 0 N–H and O–H groups in total. The van der Waals surface area contributed by atoms with Crippen LogP contribution >= 0.6 is 0 Å². The van der Waals surface area contributed by atoms with Crippen LogP contribution in [0.4, 0.5) is 0 Å². The van der Waals surface area contributed by atoms with Gasteiger partial charge in [0.1, 0.15) is 0 Å². The van der Waals surface area contributed by atoms with E-state index in [0.717, 1.165) is 0 Å². The molecule has 0 aromatic rings. The molecule has 0 rings (SSSR count). The van der Waals surface area contributed by atoms with Crippen LogP contribution in [0, 0.1) is 0 Å². The molecule has 5 heteroatoms. The van der Waals surface area contributed by atoms with Gasteiger partial charge < -0.3 is 13.3 Å². The fourth-order valence-corrected chi connectivity index (χ4v) is 0.984. The van der Waals surface area contributed by atoms with Gasteiger partial charge in [0, 0.05) is 21.1 Å². The molecule has 62 valence electrons. The first-order valence-electron chi connectivity index (χ1n) is 2.43. The van der Waals surface area contributed by atoms with Gasteiger partial charge in [-0.15, -0.1) is 0 Å². The van der Waals surface area contributed by atoms with Crippen LogP contribution in [0.25, 0.3) is 0 Å². The van der Waals surface area contributed by atoms with Crippen LogP contribution in [-0.2, 0) is 18.1 Å². The minimum atomic E-state index is -2.10. The molecule has 0 heterocycles. The van der Waals surface area contributed by atoms with Crippen molar-refractivity contribution in [1.29, 1.82) is 0 Å². The Labute approximate surface area is 63.1 Å². The van der Waals surface area contributed by atoms with Crippen LogP contribution in [-0.4, -0.2) is 29.7 Å². The van der Waals surface area contributed by atoms with E-state index in [1.165, 1.54) is 21.1 Å². The second kappa shape index (κ2) is 6.72.